The van der Waals surface area contributed by atoms with Gasteiger partial charge in [-0.2, -0.15) is 0 Å². The van der Waals surface area contributed by atoms with Crippen molar-refractivity contribution in [2.75, 3.05) is 12.4 Å². The molecule has 0 aromatic heterocycles. The maximum atomic E-state index is 12.0. The van der Waals surface area contributed by atoms with Gasteiger partial charge in [-0.05, 0) is 25.8 Å². The van der Waals surface area contributed by atoms with Crippen LogP contribution in [0.25, 0.3) is 0 Å². The molecule has 2 fully saturated rings. The van der Waals surface area contributed by atoms with E-state index in [-0.39, 0.29) is 11.3 Å². The van der Waals surface area contributed by atoms with Gasteiger partial charge in [-0.15, -0.1) is 11.8 Å². The predicted octanol–water partition coefficient (Wildman–Crippen LogP) is 2.82. The molecule has 2 aliphatic rings. The number of thioether (sulfide) groups is 1. The van der Waals surface area contributed by atoms with E-state index in [2.05, 4.69) is 11.0 Å². The molecule has 0 bridgehead atoms. The van der Waals surface area contributed by atoms with Gasteiger partial charge in [-0.1, -0.05) is 18.2 Å². The van der Waals surface area contributed by atoms with E-state index >= 15 is 0 Å². The zero-order valence-electron chi connectivity index (χ0n) is 10.5. The Bertz CT molecular complexity index is 459. The third-order valence-corrected chi connectivity index (χ3v) is 4.54. The van der Waals surface area contributed by atoms with Crippen LogP contribution >= 0.6 is 11.8 Å². The normalized spacial score (nSPS) is 23.5. The number of benzene rings is 1. The van der Waals surface area contributed by atoms with Gasteiger partial charge in [-0.25, -0.2) is 0 Å². The average molecular weight is 263 g/mol. The molecule has 1 aliphatic carbocycles. The van der Waals surface area contributed by atoms with Crippen LogP contribution in [0.3, 0.4) is 0 Å². The summed E-state index contributed by atoms with van der Waals surface area (Å²) in [6.45, 7) is 2.65. The lowest BCUT2D eigenvalue weighted by Crippen LogP contribution is -2.30. The average Bonchev–Trinajstić information content (AvgIpc) is 3.14. The smallest absolute Gasteiger partial charge is 0.234 e. The maximum Gasteiger partial charge on any atom is 0.234 e. The highest BCUT2D eigenvalue weighted by atomic mass is 32.2. The quantitative estimate of drug-likeness (QED) is 0.836. The van der Waals surface area contributed by atoms with Crippen molar-refractivity contribution in [3.8, 4) is 5.75 Å². The minimum Gasteiger partial charge on any atom is -0.493 e. The Labute approximate surface area is 111 Å². The van der Waals surface area contributed by atoms with Gasteiger partial charge in [0.1, 0.15) is 11.1 Å². The van der Waals surface area contributed by atoms with Gasteiger partial charge in [0.15, 0.2) is 0 Å². The van der Waals surface area contributed by atoms with Gasteiger partial charge < -0.3 is 9.64 Å². The molecule has 4 heteroatoms. The first-order chi connectivity index (χ1) is 8.81. The van der Waals surface area contributed by atoms with E-state index in [0.29, 0.717) is 18.4 Å². The highest BCUT2D eigenvalue weighted by Gasteiger charge is 2.43. The standard InChI is InChI=1S/C14H17NO2S/c1-2-17-12-6-4-3-5-11(12)14-15(10-7-8-10)13(16)9-18-14/h3-6,10,14H,2,7-9H2,1H3. The first kappa shape index (κ1) is 11.9. The van der Waals surface area contributed by atoms with Crippen LogP contribution in [0.4, 0.5) is 0 Å². The van der Waals surface area contributed by atoms with E-state index in [1.165, 1.54) is 0 Å². The van der Waals surface area contributed by atoms with Crippen LogP contribution in [0.2, 0.25) is 0 Å². The molecule has 0 N–H and O–H groups in total. The van der Waals surface area contributed by atoms with Gasteiger partial charge in [0.2, 0.25) is 5.91 Å². The SMILES string of the molecule is CCOc1ccccc1C1SCC(=O)N1C1CC1. The number of carbonyl (C=O) groups excluding carboxylic acids is 1. The monoisotopic (exact) mass is 263 g/mol. The summed E-state index contributed by atoms with van der Waals surface area (Å²) in [7, 11) is 0. The summed E-state index contributed by atoms with van der Waals surface area (Å²) in [6.07, 6.45) is 2.30. The van der Waals surface area contributed by atoms with Crippen molar-refractivity contribution in [3.05, 3.63) is 29.8 Å². The number of nitrogens with zero attached hydrogens (tertiary/aromatic N) is 1. The predicted molar refractivity (Wildman–Crippen MR) is 72.7 cm³/mol. The van der Waals surface area contributed by atoms with E-state index in [9.17, 15) is 4.79 Å². The van der Waals surface area contributed by atoms with E-state index in [0.717, 1.165) is 24.2 Å². The molecule has 18 heavy (non-hydrogen) atoms. The second-order valence-electron chi connectivity index (χ2n) is 4.67. The first-order valence-electron chi connectivity index (χ1n) is 6.45. The fraction of sp³-hybridized carbons (Fsp3) is 0.500. The van der Waals surface area contributed by atoms with Crippen molar-refractivity contribution >= 4 is 17.7 Å². The van der Waals surface area contributed by atoms with Gasteiger partial charge in [0.05, 0.1) is 12.4 Å². The molecule has 3 nitrogen and oxygen atoms in total. The number of carbonyl (C=O) groups is 1. The zero-order chi connectivity index (χ0) is 12.5. The Morgan fingerprint density at radius 2 is 2.17 bits per heavy atom. The molecule has 1 unspecified atom stereocenters. The first-order valence-corrected chi connectivity index (χ1v) is 7.50. The second-order valence-corrected chi connectivity index (χ2v) is 5.73. The Morgan fingerprint density at radius 3 is 2.89 bits per heavy atom. The summed E-state index contributed by atoms with van der Waals surface area (Å²) in [5.74, 6) is 1.79. The second kappa shape index (κ2) is 4.84. The lowest BCUT2D eigenvalue weighted by Gasteiger charge is -2.25. The van der Waals surface area contributed by atoms with E-state index < -0.39 is 0 Å². The molecular weight excluding hydrogens is 246 g/mol. The zero-order valence-corrected chi connectivity index (χ0v) is 11.3. The maximum absolute atomic E-state index is 12.0. The summed E-state index contributed by atoms with van der Waals surface area (Å²) >= 11 is 1.72. The summed E-state index contributed by atoms with van der Waals surface area (Å²) in [5, 5.41) is 0.146. The largest absolute Gasteiger partial charge is 0.493 e. The fourth-order valence-corrected chi connectivity index (χ4v) is 3.67. The molecule has 1 amide bonds. The van der Waals surface area contributed by atoms with Crippen LogP contribution in [-0.4, -0.2) is 29.2 Å². The van der Waals surface area contributed by atoms with Gasteiger partial charge >= 0.3 is 0 Å². The van der Waals surface area contributed by atoms with E-state index in [4.69, 9.17) is 4.74 Å². The molecular formula is C14H17NO2S. The van der Waals surface area contributed by atoms with Crippen LogP contribution in [-0.2, 0) is 4.79 Å². The van der Waals surface area contributed by atoms with Crippen molar-refractivity contribution in [1.82, 2.24) is 4.90 Å². The fourth-order valence-electron chi connectivity index (χ4n) is 2.39. The van der Waals surface area contributed by atoms with Gasteiger partial charge in [0, 0.05) is 11.6 Å². The third-order valence-electron chi connectivity index (χ3n) is 3.33. The molecule has 1 heterocycles. The molecule has 1 aromatic carbocycles. The summed E-state index contributed by atoms with van der Waals surface area (Å²) in [6, 6.07) is 8.54. The number of hydrogen-bond acceptors (Lipinski definition) is 3. The van der Waals surface area contributed by atoms with Crippen LogP contribution < -0.4 is 4.74 Å². The van der Waals surface area contributed by atoms with Crippen molar-refractivity contribution in [2.45, 2.75) is 31.2 Å². The molecule has 0 radical (unpaired) electrons. The molecule has 3 rings (SSSR count). The Morgan fingerprint density at radius 1 is 1.39 bits per heavy atom. The minimum atomic E-state index is 0.146. The topological polar surface area (TPSA) is 29.5 Å². The summed E-state index contributed by atoms with van der Waals surface area (Å²) in [4.78, 5) is 14.0. The molecule has 96 valence electrons. The number of rotatable bonds is 4. The highest BCUT2D eigenvalue weighted by Crippen LogP contribution is 2.47. The molecule has 1 aromatic rings. The lowest BCUT2D eigenvalue weighted by atomic mass is 10.2. The number of hydrogen-bond donors (Lipinski definition) is 0. The number of ether oxygens (including phenoxy) is 1. The third kappa shape index (κ3) is 2.09. The minimum absolute atomic E-state index is 0.146. The van der Waals surface area contributed by atoms with Gasteiger partial charge in [0.25, 0.3) is 0 Å². The number of amides is 1. The summed E-state index contributed by atoms with van der Waals surface area (Å²) in [5.41, 5.74) is 1.14. The van der Waals surface area contributed by atoms with Crippen LogP contribution in [0.5, 0.6) is 5.75 Å². The van der Waals surface area contributed by atoms with Crippen molar-refractivity contribution in [1.29, 1.82) is 0 Å². The van der Waals surface area contributed by atoms with E-state index in [1.807, 2.05) is 25.1 Å². The molecule has 1 atom stereocenters. The number of para-hydroxylation sites is 1. The van der Waals surface area contributed by atoms with Crippen molar-refractivity contribution in [3.63, 3.8) is 0 Å². The Balaban J connectivity index is 1.91. The Hall–Kier alpha value is -1.16. The lowest BCUT2D eigenvalue weighted by molar-refractivity contribution is -0.128. The van der Waals surface area contributed by atoms with E-state index in [1.54, 1.807) is 11.8 Å². The van der Waals surface area contributed by atoms with Crippen molar-refractivity contribution < 1.29 is 9.53 Å². The molecule has 1 aliphatic heterocycles. The van der Waals surface area contributed by atoms with Crippen molar-refractivity contribution in [2.24, 2.45) is 0 Å². The summed E-state index contributed by atoms with van der Waals surface area (Å²) < 4.78 is 5.68. The molecule has 1 saturated carbocycles. The van der Waals surface area contributed by atoms with Crippen LogP contribution in [0.15, 0.2) is 24.3 Å². The Kier molecular flexibility index (Phi) is 3.20. The van der Waals surface area contributed by atoms with Crippen LogP contribution in [0, 0.1) is 0 Å². The highest BCUT2D eigenvalue weighted by molar-refractivity contribution is 8.00. The molecule has 0 spiro atoms. The van der Waals surface area contributed by atoms with Gasteiger partial charge in [-0.3, -0.25) is 4.79 Å². The molecule has 1 saturated heterocycles. The van der Waals surface area contributed by atoms with Crippen LogP contribution in [0.1, 0.15) is 30.7 Å².